The summed E-state index contributed by atoms with van der Waals surface area (Å²) in [7, 11) is 0. The molecule has 1 heterocycles. The van der Waals surface area contributed by atoms with Crippen molar-refractivity contribution in [2.45, 2.75) is 13.8 Å². The zero-order valence-electron chi connectivity index (χ0n) is 14.9. The number of H-pyrrole nitrogens is 2. The Kier molecular flexibility index (Phi) is 5.23. The van der Waals surface area contributed by atoms with E-state index >= 15 is 0 Å². The van der Waals surface area contributed by atoms with Gasteiger partial charge >= 0.3 is 5.69 Å². The minimum atomic E-state index is -0.280. The van der Waals surface area contributed by atoms with Gasteiger partial charge in [0.05, 0.1) is 17.6 Å². The Hall–Kier alpha value is -3.26. The minimum Gasteiger partial charge on any atom is -0.327 e. The first-order chi connectivity index (χ1) is 12.5. The summed E-state index contributed by atoms with van der Waals surface area (Å²) >= 11 is 0. The SMILES string of the molecule is CC(C)CN(CC#Cc1ccccc1)C(=O)c1ccc2[nH]c(=O)[nH]c2c1. The fourth-order valence-electron chi connectivity index (χ4n) is 2.77. The molecule has 3 aromatic rings. The van der Waals surface area contributed by atoms with Crippen molar-refractivity contribution < 1.29 is 4.79 Å². The predicted octanol–water partition coefficient (Wildman–Crippen LogP) is 3.01. The lowest BCUT2D eigenvalue weighted by Gasteiger charge is -2.22. The van der Waals surface area contributed by atoms with Crippen molar-refractivity contribution in [1.82, 2.24) is 14.9 Å². The number of fused-ring (bicyclic) bond motifs is 1. The highest BCUT2D eigenvalue weighted by Crippen LogP contribution is 2.13. The van der Waals surface area contributed by atoms with E-state index in [1.807, 2.05) is 30.3 Å². The number of carbonyl (C=O) groups is 1. The predicted molar refractivity (Wildman–Crippen MR) is 103 cm³/mol. The third-order valence-electron chi connectivity index (χ3n) is 3.91. The van der Waals surface area contributed by atoms with Crippen molar-refractivity contribution >= 4 is 16.9 Å². The number of aromatic amines is 2. The number of aromatic nitrogens is 2. The average Bonchev–Trinajstić information content (AvgIpc) is 3.00. The van der Waals surface area contributed by atoms with E-state index < -0.39 is 0 Å². The summed E-state index contributed by atoms with van der Waals surface area (Å²) in [5.41, 5.74) is 2.49. The maximum atomic E-state index is 12.9. The number of hydrogen-bond donors (Lipinski definition) is 2. The second kappa shape index (κ2) is 7.75. The minimum absolute atomic E-state index is 0.0926. The first-order valence-electron chi connectivity index (χ1n) is 8.58. The van der Waals surface area contributed by atoms with Crippen LogP contribution in [0.4, 0.5) is 0 Å². The molecule has 2 N–H and O–H groups in total. The van der Waals surface area contributed by atoms with Crippen LogP contribution in [0.15, 0.2) is 53.3 Å². The highest BCUT2D eigenvalue weighted by atomic mass is 16.2. The Bertz CT molecular complexity index is 1020. The summed E-state index contributed by atoms with van der Waals surface area (Å²) < 4.78 is 0. The molecule has 1 aromatic heterocycles. The van der Waals surface area contributed by atoms with Gasteiger partial charge in [-0.25, -0.2) is 4.79 Å². The second-order valence-corrected chi connectivity index (χ2v) is 6.59. The molecule has 0 bridgehead atoms. The van der Waals surface area contributed by atoms with Crippen molar-refractivity contribution in [3.05, 3.63) is 70.1 Å². The summed E-state index contributed by atoms with van der Waals surface area (Å²) in [4.78, 5) is 31.4. The van der Waals surface area contributed by atoms with Crippen LogP contribution in [0.2, 0.25) is 0 Å². The van der Waals surface area contributed by atoms with E-state index in [1.165, 1.54) is 0 Å². The van der Waals surface area contributed by atoms with Crippen molar-refractivity contribution in [2.75, 3.05) is 13.1 Å². The lowest BCUT2D eigenvalue weighted by atomic mass is 10.1. The van der Waals surface area contributed by atoms with Crippen LogP contribution >= 0.6 is 0 Å². The Labute approximate surface area is 152 Å². The number of benzene rings is 2. The molecule has 0 saturated heterocycles. The van der Waals surface area contributed by atoms with Crippen LogP contribution in [0.5, 0.6) is 0 Å². The number of nitrogens with zero attached hydrogens (tertiary/aromatic N) is 1. The fourth-order valence-corrected chi connectivity index (χ4v) is 2.77. The second-order valence-electron chi connectivity index (χ2n) is 6.59. The van der Waals surface area contributed by atoms with E-state index in [1.54, 1.807) is 23.1 Å². The van der Waals surface area contributed by atoms with Crippen molar-refractivity contribution in [2.24, 2.45) is 5.92 Å². The van der Waals surface area contributed by atoms with Crippen LogP contribution < -0.4 is 5.69 Å². The van der Waals surface area contributed by atoms with E-state index in [0.29, 0.717) is 35.6 Å². The summed E-state index contributed by atoms with van der Waals surface area (Å²) in [5.74, 6) is 6.42. The lowest BCUT2D eigenvalue weighted by Crippen LogP contribution is -2.34. The number of amides is 1. The first kappa shape index (κ1) is 17.6. The summed E-state index contributed by atoms with van der Waals surface area (Å²) in [5, 5.41) is 0. The molecule has 0 spiro atoms. The van der Waals surface area contributed by atoms with Gasteiger partial charge in [-0.15, -0.1) is 0 Å². The zero-order valence-corrected chi connectivity index (χ0v) is 14.9. The number of rotatable bonds is 4. The summed E-state index contributed by atoms with van der Waals surface area (Å²) in [6.07, 6.45) is 0. The molecular formula is C21H21N3O2. The standard InChI is InChI=1S/C21H21N3O2/c1-15(2)14-24(12-6-9-16-7-4-3-5-8-16)20(25)17-10-11-18-19(13-17)23-21(26)22-18/h3-5,7-8,10-11,13,15H,12,14H2,1-2H3,(H2,22,23,26). The molecule has 0 radical (unpaired) electrons. The molecule has 0 aliphatic carbocycles. The van der Waals surface area contributed by atoms with Gasteiger partial charge in [-0.05, 0) is 36.2 Å². The molecule has 0 unspecified atom stereocenters. The van der Waals surface area contributed by atoms with Gasteiger partial charge in [0.1, 0.15) is 0 Å². The quantitative estimate of drug-likeness (QED) is 0.712. The number of hydrogen-bond acceptors (Lipinski definition) is 2. The zero-order chi connectivity index (χ0) is 18.5. The molecule has 2 aromatic carbocycles. The molecule has 3 rings (SSSR count). The summed E-state index contributed by atoms with van der Waals surface area (Å²) in [6.45, 7) is 5.10. The van der Waals surface area contributed by atoms with Crippen LogP contribution in [0, 0.1) is 17.8 Å². The highest BCUT2D eigenvalue weighted by molar-refractivity contribution is 5.97. The van der Waals surface area contributed by atoms with Crippen LogP contribution in [-0.2, 0) is 0 Å². The van der Waals surface area contributed by atoms with Gasteiger partial charge in [0, 0.05) is 17.7 Å². The molecule has 5 heteroatoms. The van der Waals surface area contributed by atoms with E-state index in [0.717, 1.165) is 5.56 Å². The topological polar surface area (TPSA) is 69.0 Å². The van der Waals surface area contributed by atoms with E-state index in [9.17, 15) is 9.59 Å². The molecule has 0 aliphatic rings. The third kappa shape index (κ3) is 4.22. The van der Waals surface area contributed by atoms with Crippen LogP contribution in [-0.4, -0.2) is 33.9 Å². The fraction of sp³-hybridized carbons (Fsp3) is 0.238. The van der Waals surface area contributed by atoms with Crippen LogP contribution in [0.1, 0.15) is 29.8 Å². The van der Waals surface area contributed by atoms with Crippen molar-refractivity contribution in [3.8, 4) is 11.8 Å². The molecule has 0 saturated carbocycles. The normalized spacial score (nSPS) is 10.6. The van der Waals surface area contributed by atoms with Gasteiger partial charge in [0.25, 0.3) is 5.91 Å². The largest absolute Gasteiger partial charge is 0.327 e. The van der Waals surface area contributed by atoms with Gasteiger partial charge in [-0.1, -0.05) is 43.9 Å². The van der Waals surface area contributed by atoms with Crippen molar-refractivity contribution in [3.63, 3.8) is 0 Å². The molecule has 1 amide bonds. The average molecular weight is 347 g/mol. The van der Waals surface area contributed by atoms with Gasteiger partial charge in [0.15, 0.2) is 0 Å². The van der Waals surface area contributed by atoms with Gasteiger partial charge in [-0.3, -0.25) is 4.79 Å². The molecule has 26 heavy (non-hydrogen) atoms. The molecule has 0 atom stereocenters. The van der Waals surface area contributed by atoms with Crippen molar-refractivity contribution in [1.29, 1.82) is 0 Å². The first-order valence-corrected chi connectivity index (χ1v) is 8.58. The van der Waals surface area contributed by atoms with Crippen LogP contribution in [0.25, 0.3) is 11.0 Å². The number of nitrogens with one attached hydrogen (secondary N) is 2. The number of imidazole rings is 1. The molecular weight excluding hydrogens is 326 g/mol. The van der Waals surface area contributed by atoms with Gasteiger partial charge in [0.2, 0.25) is 0 Å². The monoisotopic (exact) mass is 347 g/mol. The molecule has 132 valence electrons. The lowest BCUT2D eigenvalue weighted by molar-refractivity contribution is 0.0759. The number of carbonyl (C=O) groups excluding carboxylic acids is 1. The molecule has 0 fully saturated rings. The van der Waals surface area contributed by atoms with E-state index in [4.69, 9.17) is 0 Å². The summed E-state index contributed by atoms with van der Waals surface area (Å²) in [6, 6.07) is 14.9. The Morgan fingerprint density at radius 2 is 1.81 bits per heavy atom. The highest BCUT2D eigenvalue weighted by Gasteiger charge is 2.17. The molecule has 5 nitrogen and oxygen atoms in total. The Morgan fingerprint density at radius 1 is 1.08 bits per heavy atom. The van der Waals surface area contributed by atoms with Crippen LogP contribution in [0.3, 0.4) is 0 Å². The van der Waals surface area contributed by atoms with E-state index in [2.05, 4.69) is 35.7 Å². The Balaban J connectivity index is 1.82. The Morgan fingerprint density at radius 3 is 2.54 bits per heavy atom. The maximum absolute atomic E-state index is 12.9. The van der Waals surface area contributed by atoms with E-state index in [-0.39, 0.29) is 11.6 Å². The smallest absolute Gasteiger partial charge is 0.323 e. The van der Waals surface area contributed by atoms with Gasteiger partial charge < -0.3 is 14.9 Å². The molecule has 0 aliphatic heterocycles. The van der Waals surface area contributed by atoms with Gasteiger partial charge in [-0.2, -0.15) is 0 Å². The third-order valence-corrected chi connectivity index (χ3v) is 3.91. The maximum Gasteiger partial charge on any atom is 0.323 e.